The molecule has 2 rings (SSSR count). The Hall–Kier alpha value is -1.52. The van der Waals surface area contributed by atoms with Crippen LogP contribution >= 0.6 is 0 Å². The minimum Gasteiger partial charge on any atom is -0.481 e. The summed E-state index contributed by atoms with van der Waals surface area (Å²) in [6, 6.07) is 5.33. The highest BCUT2D eigenvalue weighted by molar-refractivity contribution is 5.72. The van der Waals surface area contributed by atoms with E-state index in [1.54, 1.807) is 6.07 Å². The first kappa shape index (κ1) is 13.9. The summed E-state index contributed by atoms with van der Waals surface area (Å²) in [6.45, 7) is 1.49. The Morgan fingerprint density at radius 2 is 1.89 bits per heavy atom. The number of carboxylic acid groups (broad SMARTS) is 1. The molecular formula is C14H15F3O2. The molecule has 104 valence electrons. The molecular weight excluding hydrogens is 257 g/mol. The maximum atomic E-state index is 13.1. The first-order valence-corrected chi connectivity index (χ1v) is 6.18. The quantitative estimate of drug-likeness (QED) is 0.907. The van der Waals surface area contributed by atoms with Gasteiger partial charge in [-0.3, -0.25) is 4.79 Å². The molecule has 1 aromatic rings. The van der Waals surface area contributed by atoms with Gasteiger partial charge in [-0.05, 0) is 24.5 Å². The molecule has 0 heterocycles. The number of hydrogen-bond donors (Lipinski definition) is 1. The van der Waals surface area contributed by atoms with Gasteiger partial charge in [-0.2, -0.15) is 13.2 Å². The molecule has 2 nitrogen and oxygen atoms in total. The molecule has 1 atom stereocenters. The van der Waals surface area contributed by atoms with Gasteiger partial charge in [0.05, 0.1) is 11.5 Å². The topological polar surface area (TPSA) is 37.3 Å². The molecule has 5 heteroatoms. The Morgan fingerprint density at radius 1 is 1.32 bits per heavy atom. The maximum Gasteiger partial charge on any atom is 0.416 e. The highest BCUT2D eigenvalue weighted by atomic mass is 19.4. The molecule has 19 heavy (non-hydrogen) atoms. The Balaban J connectivity index is 2.54. The van der Waals surface area contributed by atoms with Crippen LogP contribution in [0.25, 0.3) is 0 Å². The third kappa shape index (κ3) is 2.22. The summed E-state index contributed by atoms with van der Waals surface area (Å²) in [4.78, 5) is 11.2. The lowest BCUT2D eigenvalue weighted by atomic mass is 9.57. The fraction of sp³-hybridized carbons (Fsp3) is 0.500. The van der Waals surface area contributed by atoms with E-state index in [-0.39, 0.29) is 5.56 Å². The second kappa shape index (κ2) is 4.54. The van der Waals surface area contributed by atoms with Crippen molar-refractivity contribution in [2.45, 2.75) is 37.8 Å². The van der Waals surface area contributed by atoms with Gasteiger partial charge < -0.3 is 5.11 Å². The van der Waals surface area contributed by atoms with Crippen LogP contribution in [-0.2, 0) is 16.4 Å². The molecule has 0 aromatic heterocycles. The second-order valence-corrected chi connectivity index (χ2v) is 5.11. The SMILES string of the molecule is CC(C(=O)O)C1(c2ccccc2C(F)(F)F)CCC1. The number of alkyl halides is 3. The lowest BCUT2D eigenvalue weighted by Crippen LogP contribution is -2.45. The minimum absolute atomic E-state index is 0.128. The van der Waals surface area contributed by atoms with E-state index in [9.17, 15) is 18.0 Å². The molecule has 1 saturated carbocycles. The monoisotopic (exact) mass is 272 g/mol. The lowest BCUT2D eigenvalue weighted by Gasteiger charge is -2.46. The van der Waals surface area contributed by atoms with Crippen LogP contribution in [0.4, 0.5) is 13.2 Å². The fourth-order valence-corrected chi connectivity index (χ4v) is 2.89. The summed E-state index contributed by atoms with van der Waals surface area (Å²) in [5.74, 6) is -1.86. The van der Waals surface area contributed by atoms with Crippen molar-refractivity contribution in [3.63, 3.8) is 0 Å². The number of rotatable bonds is 3. The van der Waals surface area contributed by atoms with Gasteiger partial charge in [-0.1, -0.05) is 31.5 Å². The van der Waals surface area contributed by atoms with E-state index in [2.05, 4.69) is 0 Å². The zero-order valence-corrected chi connectivity index (χ0v) is 10.5. The highest BCUT2D eigenvalue weighted by Gasteiger charge is 2.50. The van der Waals surface area contributed by atoms with Crippen molar-refractivity contribution in [2.24, 2.45) is 5.92 Å². The van der Waals surface area contributed by atoms with E-state index in [0.717, 1.165) is 12.5 Å². The number of benzene rings is 1. The molecule has 1 aromatic carbocycles. The van der Waals surface area contributed by atoms with Crippen molar-refractivity contribution >= 4 is 5.97 Å². The lowest BCUT2D eigenvalue weighted by molar-refractivity contribution is -0.148. The molecule has 1 aliphatic rings. The van der Waals surface area contributed by atoms with E-state index in [1.807, 2.05) is 0 Å². The van der Waals surface area contributed by atoms with Crippen molar-refractivity contribution in [3.05, 3.63) is 35.4 Å². The molecule has 0 amide bonds. The molecule has 0 radical (unpaired) electrons. The Kier molecular flexibility index (Phi) is 3.32. The van der Waals surface area contributed by atoms with Gasteiger partial charge in [-0.15, -0.1) is 0 Å². The summed E-state index contributed by atoms with van der Waals surface area (Å²) in [6.07, 6.45) is -2.69. The molecule has 0 aliphatic heterocycles. The predicted molar refractivity (Wildman–Crippen MR) is 63.8 cm³/mol. The number of carbonyl (C=O) groups is 1. The van der Waals surface area contributed by atoms with Crippen LogP contribution in [0.2, 0.25) is 0 Å². The Labute approximate surface area is 109 Å². The van der Waals surface area contributed by atoms with Crippen molar-refractivity contribution in [1.29, 1.82) is 0 Å². The van der Waals surface area contributed by atoms with Crippen LogP contribution in [0.3, 0.4) is 0 Å². The fourth-order valence-electron chi connectivity index (χ4n) is 2.89. The first-order valence-electron chi connectivity index (χ1n) is 6.18. The van der Waals surface area contributed by atoms with E-state index in [1.165, 1.54) is 19.1 Å². The second-order valence-electron chi connectivity index (χ2n) is 5.11. The molecule has 1 unspecified atom stereocenters. The van der Waals surface area contributed by atoms with Gasteiger partial charge in [0.2, 0.25) is 0 Å². The van der Waals surface area contributed by atoms with Crippen LogP contribution in [0, 0.1) is 5.92 Å². The van der Waals surface area contributed by atoms with Crippen LogP contribution in [-0.4, -0.2) is 11.1 Å². The third-order valence-electron chi connectivity index (χ3n) is 4.21. The zero-order chi connectivity index (χ0) is 14.3. The Morgan fingerprint density at radius 3 is 2.32 bits per heavy atom. The average Bonchev–Trinajstić information content (AvgIpc) is 2.26. The number of carboxylic acids is 1. The van der Waals surface area contributed by atoms with E-state index >= 15 is 0 Å². The minimum atomic E-state index is -4.45. The molecule has 0 bridgehead atoms. The summed E-state index contributed by atoms with van der Waals surface area (Å²) < 4.78 is 39.2. The predicted octanol–water partition coefficient (Wildman–Crippen LogP) is 3.85. The van der Waals surface area contributed by atoms with Gasteiger partial charge in [0.1, 0.15) is 0 Å². The summed E-state index contributed by atoms with van der Waals surface area (Å²) >= 11 is 0. The van der Waals surface area contributed by atoms with Gasteiger partial charge in [0.25, 0.3) is 0 Å². The average molecular weight is 272 g/mol. The van der Waals surface area contributed by atoms with E-state index < -0.39 is 29.0 Å². The van der Waals surface area contributed by atoms with Crippen molar-refractivity contribution in [2.75, 3.05) is 0 Å². The van der Waals surface area contributed by atoms with Crippen LogP contribution in [0.1, 0.15) is 37.3 Å². The molecule has 0 saturated heterocycles. The van der Waals surface area contributed by atoms with Gasteiger partial charge in [0, 0.05) is 5.41 Å². The first-order chi connectivity index (χ1) is 8.79. The van der Waals surface area contributed by atoms with Crippen molar-refractivity contribution in [3.8, 4) is 0 Å². The van der Waals surface area contributed by atoms with Crippen LogP contribution in [0.5, 0.6) is 0 Å². The Bertz CT molecular complexity index is 490. The normalized spacial score (nSPS) is 19.6. The van der Waals surface area contributed by atoms with Crippen LogP contribution in [0.15, 0.2) is 24.3 Å². The highest BCUT2D eigenvalue weighted by Crippen LogP contribution is 2.52. The largest absolute Gasteiger partial charge is 0.481 e. The number of aliphatic carboxylic acids is 1. The maximum absolute atomic E-state index is 13.1. The smallest absolute Gasteiger partial charge is 0.416 e. The summed E-state index contributed by atoms with van der Waals surface area (Å²) in [7, 11) is 0. The molecule has 1 fully saturated rings. The third-order valence-corrected chi connectivity index (χ3v) is 4.21. The van der Waals surface area contributed by atoms with E-state index in [4.69, 9.17) is 5.11 Å². The van der Waals surface area contributed by atoms with Gasteiger partial charge >= 0.3 is 12.1 Å². The molecule has 1 N–H and O–H groups in total. The molecule has 1 aliphatic carbocycles. The van der Waals surface area contributed by atoms with Crippen molar-refractivity contribution in [1.82, 2.24) is 0 Å². The standard InChI is InChI=1S/C14H15F3O2/c1-9(12(18)19)13(7-4-8-13)10-5-2-3-6-11(10)14(15,16)17/h2-3,5-6,9H,4,7-8H2,1H3,(H,18,19). The van der Waals surface area contributed by atoms with Crippen molar-refractivity contribution < 1.29 is 23.1 Å². The zero-order valence-electron chi connectivity index (χ0n) is 10.5. The summed E-state index contributed by atoms with van der Waals surface area (Å²) in [5.41, 5.74) is -1.45. The molecule has 0 spiro atoms. The van der Waals surface area contributed by atoms with Crippen LogP contribution < -0.4 is 0 Å². The van der Waals surface area contributed by atoms with E-state index in [0.29, 0.717) is 12.8 Å². The van der Waals surface area contributed by atoms with Gasteiger partial charge in [-0.25, -0.2) is 0 Å². The number of halogens is 3. The summed E-state index contributed by atoms with van der Waals surface area (Å²) in [5, 5.41) is 9.16. The number of hydrogen-bond acceptors (Lipinski definition) is 1. The van der Waals surface area contributed by atoms with Gasteiger partial charge in [0.15, 0.2) is 0 Å².